The molecule has 0 fully saturated rings. The topological polar surface area (TPSA) is 59.6 Å². The molecule has 0 bridgehead atoms. The zero-order valence-corrected chi connectivity index (χ0v) is 10.0. The van der Waals surface area contributed by atoms with Crippen LogP contribution in [0.5, 0.6) is 11.5 Å². The molecular formula is C13H16N2O3. The molecule has 0 saturated carbocycles. The van der Waals surface area contributed by atoms with Crippen molar-refractivity contribution in [2.45, 2.75) is 6.10 Å². The van der Waals surface area contributed by atoms with Gasteiger partial charge in [-0.25, -0.2) is 4.79 Å². The summed E-state index contributed by atoms with van der Waals surface area (Å²) in [5, 5.41) is 5.34. The summed E-state index contributed by atoms with van der Waals surface area (Å²) >= 11 is 0. The number of carbonyl (C=O) groups excluding carboxylic acids is 1. The highest BCUT2D eigenvalue weighted by molar-refractivity contribution is 5.73. The molecule has 0 saturated heterocycles. The van der Waals surface area contributed by atoms with Crippen LogP contribution in [0.25, 0.3) is 0 Å². The molecule has 96 valence electrons. The molecule has 0 aromatic heterocycles. The SMILES string of the molecule is C=CCNC(=O)NC[C@H]1COc2ccccc2O1. The first kappa shape index (κ1) is 12.3. The van der Waals surface area contributed by atoms with E-state index in [0.29, 0.717) is 25.4 Å². The van der Waals surface area contributed by atoms with Gasteiger partial charge in [0.1, 0.15) is 6.61 Å². The van der Waals surface area contributed by atoms with Gasteiger partial charge in [-0.1, -0.05) is 18.2 Å². The quantitative estimate of drug-likeness (QED) is 0.790. The van der Waals surface area contributed by atoms with E-state index in [9.17, 15) is 4.79 Å². The Labute approximate surface area is 106 Å². The summed E-state index contributed by atoms with van der Waals surface area (Å²) in [6.45, 7) is 4.79. The van der Waals surface area contributed by atoms with Gasteiger partial charge in [-0.05, 0) is 12.1 Å². The third kappa shape index (κ3) is 3.16. The van der Waals surface area contributed by atoms with Gasteiger partial charge in [-0.3, -0.25) is 0 Å². The number of hydrogen-bond donors (Lipinski definition) is 2. The lowest BCUT2D eigenvalue weighted by molar-refractivity contribution is 0.0918. The van der Waals surface area contributed by atoms with Gasteiger partial charge < -0.3 is 20.1 Å². The number of fused-ring (bicyclic) bond motifs is 1. The summed E-state index contributed by atoms with van der Waals surface area (Å²) in [6.07, 6.45) is 1.45. The van der Waals surface area contributed by atoms with Crippen LogP contribution in [0.1, 0.15) is 0 Å². The first-order chi connectivity index (χ1) is 8.79. The smallest absolute Gasteiger partial charge is 0.315 e. The summed E-state index contributed by atoms with van der Waals surface area (Å²) in [5.41, 5.74) is 0. The Bertz CT molecular complexity index is 434. The van der Waals surface area contributed by atoms with Crippen molar-refractivity contribution in [3.8, 4) is 11.5 Å². The highest BCUT2D eigenvalue weighted by atomic mass is 16.6. The molecule has 1 aliphatic heterocycles. The van der Waals surface area contributed by atoms with Crippen LogP contribution in [0.3, 0.4) is 0 Å². The number of carbonyl (C=O) groups is 1. The predicted octanol–water partition coefficient (Wildman–Crippen LogP) is 1.31. The lowest BCUT2D eigenvalue weighted by atomic mass is 10.2. The summed E-state index contributed by atoms with van der Waals surface area (Å²) in [4.78, 5) is 11.3. The second-order valence-corrected chi connectivity index (χ2v) is 3.88. The molecule has 5 heteroatoms. The maximum absolute atomic E-state index is 11.3. The van der Waals surface area contributed by atoms with Crippen molar-refractivity contribution in [2.24, 2.45) is 0 Å². The number of hydrogen-bond acceptors (Lipinski definition) is 3. The van der Waals surface area contributed by atoms with Crippen molar-refractivity contribution >= 4 is 6.03 Å². The second kappa shape index (κ2) is 5.95. The number of ether oxygens (including phenoxy) is 2. The standard InChI is InChI=1S/C13H16N2O3/c1-2-7-14-13(16)15-8-10-9-17-11-5-3-4-6-12(11)18-10/h2-6,10H,1,7-9H2,(H2,14,15,16)/t10-/m0/s1. The van der Waals surface area contributed by atoms with Gasteiger partial charge in [0.15, 0.2) is 17.6 Å². The molecular weight excluding hydrogens is 232 g/mol. The fraction of sp³-hybridized carbons (Fsp3) is 0.308. The van der Waals surface area contributed by atoms with E-state index >= 15 is 0 Å². The van der Waals surface area contributed by atoms with Crippen molar-refractivity contribution in [2.75, 3.05) is 19.7 Å². The van der Waals surface area contributed by atoms with Crippen molar-refractivity contribution < 1.29 is 14.3 Å². The van der Waals surface area contributed by atoms with Gasteiger partial charge in [0.05, 0.1) is 6.54 Å². The Morgan fingerprint density at radius 3 is 2.94 bits per heavy atom. The minimum absolute atomic E-state index is 0.172. The molecule has 5 nitrogen and oxygen atoms in total. The lowest BCUT2D eigenvalue weighted by Crippen LogP contribution is -2.44. The van der Waals surface area contributed by atoms with Crippen LogP contribution < -0.4 is 20.1 Å². The molecule has 18 heavy (non-hydrogen) atoms. The Kier molecular flexibility index (Phi) is 4.06. The second-order valence-electron chi connectivity index (χ2n) is 3.88. The van der Waals surface area contributed by atoms with E-state index in [-0.39, 0.29) is 12.1 Å². The van der Waals surface area contributed by atoms with Gasteiger partial charge in [-0.15, -0.1) is 6.58 Å². The molecule has 1 aromatic rings. The van der Waals surface area contributed by atoms with Crippen LogP contribution in [0.2, 0.25) is 0 Å². The van der Waals surface area contributed by atoms with Gasteiger partial charge >= 0.3 is 6.03 Å². The highest BCUT2D eigenvalue weighted by Gasteiger charge is 2.20. The molecule has 0 radical (unpaired) electrons. The fourth-order valence-corrected chi connectivity index (χ4v) is 1.60. The highest BCUT2D eigenvalue weighted by Crippen LogP contribution is 2.30. The van der Waals surface area contributed by atoms with E-state index in [2.05, 4.69) is 17.2 Å². The Morgan fingerprint density at radius 2 is 2.17 bits per heavy atom. The van der Waals surface area contributed by atoms with Gasteiger partial charge in [0, 0.05) is 6.54 Å². The van der Waals surface area contributed by atoms with E-state index in [0.717, 1.165) is 5.75 Å². The van der Waals surface area contributed by atoms with Crippen molar-refractivity contribution in [1.29, 1.82) is 0 Å². The van der Waals surface area contributed by atoms with Crippen molar-refractivity contribution in [3.05, 3.63) is 36.9 Å². The normalized spacial score (nSPS) is 16.8. The Morgan fingerprint density at radius 1 is 1.39 bits per heavy atom. The number of amides is 2. The number of benzene rings is 1. The van der Waals surface area contributed by atoms with Crippen LogP contribution in [-0.2, 0) is 0 Å². The molecule has 1 aliphatic rings. The van der Waals surface area contributed by atoms with Gasteiger partial charge in [0.2, 0.25) is 0 Å². The maximum Gasteiger partial charge on any atom is 0.315 e. The average Bonchev–Trinajstić information content (AvgIpc) is 2.42. The number of nitrogens with one attached hydrogen (secondary N) is 2. The molecule has 1 aromatic carbocycles. The molecule has 0 spiro atoms. The van der Waals surface area contributed by atoms with Gasteiger partial charge in [-0.2, -0.15) is 0 Å². The zero-order valence-electron chi connectivity index (χ0n) is 10.0. The van der Waals surface area contributed by atoms with Crippen LogP contribution >= 0.6 is 0 Å². The fourth-order valence-electron chi connectivity index (χ4n) is 1.60. The van der Waals surface area contributed by atoms with Crippen LogP contribution in [-0.4, -0.2) is 31.8 Å². The first-order valence-electron chi connectivity index (χ1n) is 5.80. The predicted molar refractivity (Wildman–Crippen MR) is 68.0 cm³/mol. The molecule has 0 unspecified atom stereocenters. The molecule has 1 heterocycles. The van der Waals surface area contributed by atoms with E-state index in [1.165, 1.54) is 0 Å². The van der Waals surface area contributed by atoms with Crippen molar-refractivity contribution in [3.63, 3.8) is 0 Å². The number of para-hydroxylation sites is 2. The lowest BCUT2D eigenvalue weighted by Gasteiger charge is -2.26. The molecule has 2 amide bonds. The van der Waals surface area contributed by atoms with Crippen LogP contribution in [0, 0.1) is 0 Å². The van der Waals surface area contributed by atoms with Crippen LogP contribution in [0.4, 0.5) is 4.79 Å². The minimum Gasteiger partial charge on any atom is -0.486 e. The van der Waals surface area contributed by atoms with E-state index in [4.69, 9.17) is 9.47 Å². The summed E-state index contributed by atoms with van der Waals surface area (Å²) in [7, 11) is 0. The molecule has 2 rings (SSSR count). The summed E-state index contributed by atoms with van der Waals surface area (Å²) < 4.78 is 11.2. The maximum atomic E-state index is 11.3. The molecule has 2 N–H and O–H groups in total. The Balaban J connectivity index is 1.79. The molecule has 1 atom stereocenters. The minimum atomic E-state index is -0.239. The first-order valence-corrected chi connectivity index (χ1v) is 5.80. The summed E-state index contributed by atoms with van der Waals surface area (Å²) in [5.74, 6) is 1.45. The van der Waals surface area contributed by atoms with Crippen LogP contribution in [0.15, 0.2) is 36.9 Å². The van der Waals surface area contributed by atoms with Gasteiger partial charge in [0.25, 0.3) is 0 Å². The van der Waals surface area contributed by atoms with E-state index in [1.54, 1.807) is 6.08 Å². The molecule has 0 aliphatic carbocycles. The summed E-state index contributed by atoms with van der Waals surface area (Å²) in [6, 6.07) is 7.24. The zero-order chi connectivity index (χ0) is 12.8. The third-order valence-electron chi connectivity index (χ3n) is 2.46. The number of rotatable bonds is 4. The largest absolute Gasteiger partial charge is 0.486 e. The van der Waals surface area contributed by atoms with E-state index in [1.807, 2.05) is 24.3 Å². The Hall–Kier alpha value is -2.17. The third-order valence-corrected chi connectivity index (χ3v) is 2.46. The average molecular weight is 248 g/mol. The van der Waals surface area contributed by atoms with Crippen molar-refractivity contribution in [1.82, 2.24) is 10.6 Å². The number of urea groups is 1. The monoisotopic (exact) mass is 248 g/mol. The van der Waals surface area contributed by atoms with E-state index < -0.39 is 0 Å².